The normalized spacial score (nSPS) is 14.6. The largest absolute Gasteiger partial charge is 0.489 e. The van der Waals surface area contributed by atoms with Crippen molar-refractivity contribution >= 4 is 34.6 Å². The summed E-state index contributed by atoms with van der Waals surface area (Å²) >= 11 is 6.01. The minimum Gasteiger partial charge on any atom is -0.489 e. The van der Waals surface area contributed by atoms with Crippen molar-refractivity contribution in [3.63, 3.8) is 0 Å². The number of aryl methyl sites for hydroxylation is 1. The van der Waals surface area contributed by atoms with Crippen molar-refractivity contribution in [3.05, 3.63) is 125 Å². The Morgan fingerprint density at radius 1 is 0.972 bits per heavy atom. The Balaban J connectivity index is 1.55. The molecular weight excluding hydrogens is 473 g/mol. The van der Waals surface area contributed by atoms with Crippen LogP contribution in [0.5, 0.6) is 5.75 Å². The minimum atomic E-state index is -0.960. The summed E-state index contributed by atoms with van der Waals surface area (Å²) in [5.74, 6) is -0.660. The van der Waals surface area contributed by atoms with E-state index < -0.39 is 5.97 Å². The summed E-state index contributed by atoms with van der Waals surface area (Å²) in [7, 11) is 0. The average molecular weight is 498 g/mol. The fourth-order valence-corrected chi connectivity index (χ4v) is 4.98. The van der Waals surface area contributed by atoms with Crippen LogP contribution in [0.25, 0.3) is 0 Å². The van der Waals surface area contributed by atoms with Crippen molar-refractivity contribution in [1.82, 2.24) is 0 Å². The topological polar surface area (TPSA) is 49.8 Å². The molecule has 0 saturated heterocycles. The second-order valence-corrected chi connectivity index (χ2v) is 9.25. The van der Waals surface area contributed by atoms with Gasteiger partial charge in [0, 0.05) is 17.2 Å². The summed E-state index contributed by atoms with van der Waals surface area (Å²) in [6, 6.07) is 27.7. The summed E-state index contributed by atoms with van der Waals surface area (Å²) in [5, 5.41) is 9.25. The number of carbonyl (C=O) groups is 1. The summed E-state index contributed by atoms with van der Waals surface area (Å²) < 4.78 is 20.3. The third-order valence-electron chi connectivity index (χ3n) is 6.43. The second kappa shape index (κ2) is 9.91. The third kappa shape index (κ3) is 4.60. The molecule has 0 aliphatic carbocycles. The number of anilines is 2. The number of fused-ring (bicyclic) bond motifs is 1. The SMILES string of the molecule is Cc1cc(N2C(=S)C(Cc3ccc(C(=O)O)cc3)c3c(OCc4ccccc4)cccc32)ccc1F. The highest BCUT2D eigenvalue weighted by Gasteiger charge is 2.37. The molecule has 36 heavy (non-hydrogen) atoms. The number of halogens is 1. The van der Waals surface area contributed by atoms with E-state index in [9.17, 15) is 14.3 Å². The van der Waals surface area contributed by atoms with Gasteiger partial charge in [0.2, 0.25) is 0 Å². The summed E-state index contributed by atoms with van der Waals surface area (Å²) in [5.41, 5.74) is 5.48. The number of rotatable bonds is 7. The van der Waals surface area contributed by atoms with E-state index in [1.165, 1.54) is 6.07 Å². The van der Waals surface area contributed by atoms with Crippen LogP contribution in [0.15, 0.2) is 91.0 Å². The van der Waals surface area contributed by atoms with Crippen LogP contribution in [0.3, 0.4) is 0 Å². The van der Waals surface area contributed by atoms with Gasteiger partial charge in [-0.3, -0.25) is 0 Å². The Kier molecular flexibility index (Phi) is 6.53. The van der Waals surface area contributed by atoms with Crippen LogP contribution in [0.4, 0.5) is 15.8 Å². The maximum absolute atomic E-state index is 14.0. The van der Waals surface area contributed by atoms with Gasteiger partial charge in [0.25, 0.3) is 0 Å². The Morgan fingerprint density at radius 3 is 2.42 bits per heavy atom. The Morgan fingerprint density at radius 2 is 1.72 bits per heavy atom. The number of aromatic carboxylic acids is 1. The molecule has 0 aromatic heterocycles. The van der Waals surface area contributed by atoms with Gasteiger partial charge in [0.15, 0.2) is 0 Å². The summed E-state index contributed by atoms with van der Waals surface area (Å²) in [4.78, 5) is 14.0. The zero-order valence-corrected chi connectivity index (χ0v) is 20.5. The van der Waals surface area contributed by atoms with Crippen LogP contribution in [-0.2, 0) is 13.0 Å². The van der Waals surface area contributed by atoms with Crippen molar-refractivity contribution in [2.45, 2.75) is 25.9 Å². The number of hydrogen-bond acceptors (Lipinski definition) is 3. The number of benzene rings is 4. The van der Waals surface area contributed by atoms with Crippen molar-refractivity contribution < 1.29 is 19.0 Å². The van der Waals surface area contributed by atoms with Gasteiger partial charge in [0.1, 0.15) is 18.2 Å². The molecule has 0 fully saturated rings. The molecule has 0 saturated carbocycles. The molecule has 4 aromatic carbocycles. The Labute approximate surface area is 214 Å². The molecule has 0 spiro atoms. The number of hydrogen-bond donors (Lipinski definition) is 1. The molecule has 0 radical (unpaired) electrons. The summed E-state index contributed by atoms with van der Waals surface area (Å²) in [6.45, 7) is 2.15. The van der Waals surface area contributed by atoms with Crippen LogP contribution in [0.2, 0.25) is 0 Å². The second-order valence-electron chi connectivity index (χ2n) is 8.83. The highest BCUT2D eigenvalue weighted by Crippen LogP contribution is 2.48. The summed E-state index contributed by atoms with van der Waals surface area (Å²) in [6.07, 6.45) is 0.577. The zero-order valence-electron chi connectivity index (χ0n) is 19.6. The first kappa shape index (κ1) is 23.7. The number of nitrogens with zero attached hydrogens (tertiary/aromatic N) is 1. The molecule has 0 amide bonds. The average Bonchev–Trinajstić information content (AvgIpc) is 3.17. The van der Waals surface area contributed by atoms with Gasteiger partial charge in [0.05, 0.1) is 16.2 Å². The van der Waals surface area contributed by atoms with Gasteiger partial charge in [-0.15, -0.1) is 0 Å². The van der Waals surface area contributed by atoms with E-state index >= 15 is 0 Å². The fourth-order valence-electron chi connectivity index (χ4n) is 4.58. The first-order valence-corrected chi connectivity index (χ1v) is 12.0. The zero-order chi connectivity index (χ0) is 25.2. The fraction of sp³-hybridized carbons (Fsp3) is 0.133. The van der Waals surface area contributed by atoms with Gasteiger partial charge in [-0.05, 0) is 72.5 Å². The van der Waals surface area contributed by atoms with Gasteiger partial charge >= 0.3 is 5.97 Å². The third-order valence-corrected chi connectivity index (χ3v) is 6.90. The van der Waals surface area contributed by atoms with E-state index in [4.69, 9.17) is 17.0 Å². The smallest absolute Gasteiger partial charge is 0.335 e. The standard InChI is InChI=1S/C30H24FNO3S/c1-19-16-23(14-15-25(19)31)32-26-8-5-9-27(35-18-21-6-3-2-4-7-21)28(26)24(29(32)36)17-20-10-12-22(13-11-20)30(33)34/h2-16,24H,17-18H2,1H3,(H,33,34). The molecule has 1 heterocycles. The number of carboxylic acids is 1. The molecule has 1 atom stereocenters. The molecule has 180 valence electrons. The van der Waals surface area contributed by atoms with Crippen LogP contribution in [0.1, 0.15) is 38.5 Å². The van der Waals surface area contributed by atoms with E-state index in [0.29, 0.717) is 23.6 Å². The van der Waals surface area contributed by atoms with Gasteiger partial charge in [-0.2, -0.15) is 0 Å². The van der Waals surface area contributed by atoms with E-state index in [-0.39, 0.29) is 17.3 Å². The highest BCUT2D eigenvalue weighted by atomic mass is 32.1. The molecule has 0 bridgehead atoms. The lowest BCUT2D eigenvalue weighted by molar-refractivity contribution is 0.0697. The van der Waals surface area contributed by atoms with Crippen LogP contribution in [-0.4, -0.2) is 16.1 Å². The number of carboxylic acid groups (broad SMARTS) is 1. The number of ether oxygens (including phenoxy) is 1. The lowest BCUT2D eigenvalue weighted by Crippen LogP contribution is -2.23. The van der Waals surface area contributed by atoms with Gasteiger partial charge < -0.3 is 14.7 Å². The molecule has 1 aliphatic heterocycles. The first-order chi connectivity index (χ1) is 17.4. The van der Waals surface area contributed by atoms with Gasteiger partial charge in [-0.25, -0.2) is 9.18 Å². The molecule has 1 N–H and O–H groups in total. The molecule has 1 unspecified atom stereocenters. The molecule has 6 heteroatoms. The highest BCUT2D eigenvalue weighted by molar-refractivity contribution is 7.80. The first-order valence-electron chi connectivity index (χ1n) is 11.6. The van der Waals surface area contributed by atoms with Crippen molar-refractivity contribution in [3.8, 4) is 5.75 Å². The van der Waals surface area contributed by atoms with E-state index in [1.54, 1.807) is 31.2 Å². The lowest BCUT2D eigenvalue weighted by atomic mass is 9.92. The van der Waals surface area contributed by atoms with E-state index in [1.807, 2.05) is 65.6 Å². The maximum atomic E-state index is 14.0. The molecule has 4 nitrogen and oxygen atoms in total. The quantitative estimate of drug-likeness (QED) is 0.273. The molecule has 5 rings (SSSR count). The van der Waals surface area contributed by atoms with E-state index in [2.05, 4.69) is 0 Å². The molecule has 4 aromatic rings. The number of thiocarbonyl (C=S) groups is 1. The molecule has 1 aliphatic rings. The lowest BCUT2D eigenvalue weighted by Gasteiger charge is -2.21. The Bertz CT molecular complexity index is 1440. The predicted octanol–water partition coefficient (Wildman–Crippen LogP) is 7.22. The van der Waals surface area contributed by atoms with Crippen molar-refractivity contribution in [2.24, 2.45) is 0 Å². The van der Waals surface area contributed by atoms with Crippen molar-refractivity contribution in [1.29, 1.82) is 0 Å². The minimum absolute atomic E-state index is 0.178. The van der Waals surface area contributed by atoms with E-state index in [0.717, 1.165) is 33.8 Å². The van der Waals surface area contributed by atoms with Gasteiger partial charge in [-0.1, -0.05) is 60.7 Å². The Hall–Kier alpha value is -4.03. The maximum Gasteiger partial charge on any atom is 0.335 e. The molecular formula is C30H24FNO3S. The predicted molar refractivity (Wildman–Crippen MR) is 143 cm³/mol. The van der Waals surface area contributed by atoms with Crippen LogP contribution in [0, 0.1) is 12.7 Å². The van der Waals surface area contributed by atoms with Crippen LogP contribution >= 0.6 is 12.2 Å². The van der Waals surface area contributed by atoms with Crippen molar-refractivity contribution in [2.75, 3.05) is 4.90 Å². The monoisotopic (exact) mass is 497 g/mol. The van der Waals surface area contributed by atoms with Crippen LogP contribution < -0.4 is 9.64 Å².